The average Bonchev–Trinajstić information content (AvgIpc) is 2.46. The van der Waals surface area contributed by atoms with Gasteiger partial charge in [-0.1, -0.05) is 6.08 Å². The first kappa shape index (κ1) is 13.4. The van der Waals surface area contributed by atoms with Gasteiger partial charge in [0.1, 0.15) is 5.75 Å². The fourth-order valence-electron chi connectivity index (χ4n) is 1.57. The van der Waals surface area contributed by atoms with Gasteiger partial charge in [-0.05, 0) is 29.8 Å². The van der Waals surface area contributed by atoms with Crippen molar-refractivity contribution in [3.8, 4) is 5.75 Å². The predicted octanol–water partition coefficient (Wildman–Crippen LogP) is 2.59. The molecule has 1 heterocycles. The fourth-order valence-corrected chi connectivity index (χ4v) is 1.57. The van der Waals surface area contributed by atoms with Crippen LogP contribution >= 0.6 is 0 Å². The molecule has 6 heteroatoms. The van der Waals surface area contributed by atoms with Crippen LogP contribution in [0.15, 0.2) is 48.8 Å². The van der Waals surface area contributed by atoms with Crippen LogP contribution in [0.5, 0.6) is 5.75 Å². The van der Waals surface area contributed by atoms with Gasteiger partial charge >= 0.3 is 0 Å². The van der Waals surface area contributed by atoms with E-state index < -0.39 is 10.7 Å². The molecule has 6 nitrogen and oxygen atoms in total. The number of nitrogens with zero attached hydrogens (tertiary/aromatic N) is 2. The molecule has 1 N–H and O–H groups in total. The van der Waals surface area contributed by atoms with E-state index in [2.05, 4.69) is 4.98 Å². The van der Waals surface area contributed by atoms with Gasteiger partial charge in [0.25, 0.3) is 5.69 Å². The van der Waals surface area contributed by atoms with Crippen molar-refractivity contribution in [3.63, 3.8) is 0 Å². The zero-order chi connectivity index (χ0) is 14.5. The van der Waals surface area contributed by atoms with Crippen LogP contribution in [0.2, 0.25) is 0 Å². The van der Waals surface area contributed by atoms with Crippen molar-refractivity contribution >= 4 is 17.5 Å². The number of nitro benzene ring substituents is 1. The summed E-state index contributed by atoms with van der Waals surface area (Å²) in [4.78, 5) is 25.8. The third kappa shape index (κ3) is 3.05. The second-order valence-corrected chi connectivity index (χ2v) is 3.94. The molecule has 20 heavy (non-hydrogen) atoms. The number of hydrogen-bond donors (Lipinski definition) is 1. The van der Waals surface area contributed by atoms with Crippen molar-refractivity contribution in [3.05, 3.63) is 70.0 Å². The van der Waals surface area contributed by atoms with E-state index in [-0.39, 0.29) is 17.0 Å². The van der Waals surface area contributed by atoms with Crippen LogP contribution in [0.1, 0.15) is 15.9 Å². The first-order valence-corrected chi connectivity index (χ1v) is 5.68. The molecule has 0 aliphatic heterocycles. The highest BCUT2D eigenvalue weighted by Gasteiger charge is 2.14. The van der Waals surface area contributed by atoms with E-state index in [4.69, 9.17) is 0 Å². The lowest BCUT2D eigenvalue weighted by molar-refractivity contribution is -0.384. The molecule has 100 valence electrons. The van der Waals surface area contributed by atoms with E-state index in [1.807, 2.05) is 0 Å². The van der Waals surface area contributed by atoms with Crippen LogP contribution in [-0.2, 0) is 0 Å². The molecule has 0 aliphatic carbocycles. The molecule has 0 fully saturated rings. The van der Waals surface area contributed by atoms with Gasteiger partial charge in [0.05, 0.1) is 10.5 Å². The SMILES string of the molecule is O=C(C=Cc1ccncc1)c1cc([N+](=O)[O-])ccc1O. The zero-order valence-corrected chi connectivity index (χ0v) is 10.3. The lowest BCUT2D eigenvalue weighted by Gasteiger charge is -2.00. The number of aromatic hydroxyl groups is 1. The van der Waals surface area contributed by atoms with E-state index in [1.54, 1.807) is 30.6 Å². The maximum absolute atomic E-state index is 11.9. The number of carbonyl (C=O) groups excluding carboxylic acids is 1. The Hall–Kier alpha value is -3.02. The molecule has 0 saturated carbocycles. The summed E-state index contributed by atoms with van der Waals surface area (Å²) in [7, 11) is 0. The summed E-state index contributed by atoms with van der Waals surface area (Å²) in [5.74, 6) is -0.803. The lowest BCUT2D eigenvalue weighted by Crippen LogP contribution is -1.97. The minimum absolute atomic E-state index is 0.107. The number of phenols is 1. The summed E-state index contributed by atoms with van der Waals surface area (Å²) in [6.45, 7) is 0. The van der Waals surface area contributed by atoms with Gasteiger partial charge in [0.2, 0.25) is 0 Å². The number of nitro groups is 1. The molecular weight excluding hydrogens is 260 g/mol. The minimum Gasteiger partial charge on any atom is -0.507 e. The van der Waals surface area contributed by atoms with Crippen molar-refractivity contribution in [2.75, 3.05) is 0 Å². The van der Waals surface area contributed by atoms with Gasteiger partial charge < -0.3 is 5.11 Å². The zero-order valence-electron chi connectivity index (χ0n) is 10.3. The van der Waals surface area contributed by atoms with Crippen LogP contribution in [0.25, 0.3) is 6.08 Å². The molecule has 0 amide bonds. The normalized spacial score (nSPS) is 10.6. The number of benzene rings is 1. The highest BCUT2D eigenvalue weighted by Crippen LogP contribution is 2.23. The third-order valence-corrected chi connectivity index (χ3v) is 2.59. The van der Waals surface area contributed by atoms with Gasteiger partial charge in [-0.15, -0.1) is 0 Å². The standard InChI is InChI=1S/C14H10N2O4/c17-13(3-1-10-5-7-15-8-6-10)12-9-11(16(19)20)2-4-14(12)18/h1-9,18H. The number of pyridine rings is 1. The second kappa shape index (κ2) is 5.75. The Morgan fingerprint density at radius 3 is 2.60 bits per heavy atom. The molecule has 1 aromatic heterocycles. The van der Waals surface area contributed by atoms with Crippen LogP contribution < -0.4 is 0 Å². The minimum atomic E-state index is -0.622. The van der Waals surface area contributed by atoms with Crippen molar-refractivity contribution in [1.82, 2.24) is 4.98 Å². The van der Waals surface area contributed by atoms with Crippen LogP contribution in [0.4, 0.5) is 5.69 Å². The number of non-ortho nitro benzene ring substituents is 1. The summed E-state index contributed by atoms with van der Waals surface area (Å²) in [5, 5.41) is 20.3. The molecular formula is C14H10N2O4. The number of allylic oxidation sites excluding steroid dienone is 1. The maximum Gasteiger partial charge on any atom is 0.270 e. The molecule has 0 aliphatic rings. The molecule has 1 aromatic carbocycles. The average molecular weight is 270 g/mol. The Kier molecular flexibility index (Phi) is 3.85. The molecule has 0 unspecified atom stereocenters. The highest BCUT2D eigenvalue weighted by atomic mass is 16.6. The molecule has 0 atom stereocenters. The first-order valence-electron chi connectivity index (χ1n) is 5.68. The van der Waals surface area contributed by atoms with E-state index in [0.717, 1.165) is 23.8 Å². The summed E-state index contributed by atoms with van der Waals surface area (Å²) in [5.41, 5.74) is 0.409. The Bertz CT molecular complexity index is 681. The largest absolute Gasteiger partial charge is 0.507 e. The number of carbonyl (C=O) groups is 1. The molecule has 0 saturated heterocycles. The Labute approximate surface area is 114 Å². The van der Waals surface area contributed by atoms with Crippen LogP contribution in [0, 0.1) is 10.1 Å². The number of phenolic OH excluding ortho intramolecular Hbond substituents is 1. The Morgan fingerprint density at radius 2 is 1.95 bits per heavy atom. The molecule has 2 aromatic rings. The van der Waals surface area contributed by atoms with Crippen molar-refractivity contribution in [1.29, 1.82) is 0 Å². The van der Waals surface area contributed by atoms with Gasteiger partial charge in [-0.25, -0.2) is 0 Å². The molecule has 0 bridgehead atoms. The van der Waals surface area contributed by atoms with E-state index >= 15 is 0 Å². The predicted molar refractivity (Wildman–Crippen MR) is 72.4 cm³/mol. The van der Waals surface area contributed by atoms with Crippen molar-refractivity contribution < 1.29 is 14.8 Å². The summed E-state index contributed by atoms with van der Waals surface area (Å²) in [6.07, 6.45) is 5.94. The summed E-state index contributed by atoms with van der Waals surface area (Å²) in [6, 6.07) is 6.73. The number of aromatic nitrogens is 1. The number of hydrogen-bond acceptors (Lipinski definition) is 5. The Morgan fingerprint density at radius 1 is 1.25 bits per heavy atom. The van der Waals surface area contributed by atoms with Gasteiger partial charge in [0.15, 0.2) is 5.78 Å². The summed E-state index contributed by atoms with van der Waals surface area (Å²) < 4.78 is 0. The lowest BCUT2D eigenvalue weighted by atomic mass is 10.1. The third-order valence-electron chi connectivity index (χ3n) is 2.59. The molecule has 0 radical (unpaired) electrons. The summed E-state index contributed by atoms with van der Waals surface area (Å²) >= 11 is 0. The maximum atomic E-state index is 11.9. The van der Waals surface area contributed by atoms with E-state index in [0.29, 0.717) is 0 Å². The van der Waals surface area contributed by atoms with Crippen molar-refractivity contribution in [2.45, 2.75) is 0 Å². The second-order valence-electron chi connectivity index (χ2n) is 3.94. The number of ketones is 1. The molecule has 2 rings (SSSR count). The fraction of sp³-hybridized carbons (Fsp3) is 0. The quantitative estimate of drug-likeness (QED) is 0.399. The van der Waals surface area contributed by atoms with Gasteiger partial charge in [0, 0.05) is 24.5 Å². The Balaban J connectivity index is 2.27. The van der Waals surface area contributed by atoms with Crippen LogP contribution in [-0.4, -0.2) is 20.8 Å². The highest BCUT2D eigenvalue weighted by molar-refractivity contribution is 6.08. The topological polar surface area (TPSA) is 93.3 Å². The van der Waals surface area contributed by atoms with Gasteiger partial charge in [-0.2, -0.15) is 0 Å². The van der Waals surface area contributed by atoms with Gasteiger partial charge in [-0.3, -0.25) is 19.9 Å². The monoisotopic (exact) mass is 270 g/mol. The van der Waals surface area contributed by atoms with Crippen LogP contribution in [0.3, 0.4) is 0 Å². The first-order chi connectivity index (χ1) is 9.58. The van der Waals surface area contributed by atoms with E-state index in [1.165, 1.54) is 6.08 Å². The van der Waals surface area contributed by atoms with E-state index in [9.17, 15) is 20.0 Å². The molecule has 0 spiro atoms. The smallest absolute Gasteiger partial charge is 0.270 e. The van der Waals surface area contributed by atoms with Crippen molar-refractivity contribution in [2.24, 2.45) is 0 Å². The number of rotatable bonds is 4.